The van der Waals surface area contributed by atoms with Crippen molar-refractivity contribution < 1.29 is 4.39 Å². The molecular weight excluding hydrogens is 213 g/mol. The molecule has 0 saturated heterocycles. The summed E-state index contributed by atoms with van der Waals surface area (Å²) in [6.45, 7) is 5.57. The first-order chi connectivity index (χ1) is 8.16. The summed E-state index contributed by atoms with van der Waals surface area (Å²) >= 11 is 0. The Balaban J connectivity index is 1.74. The van der Waals surface area contributed by atoms with Gasteiger partial charge in [0.05, 0.1) is 0 Å². The molecule has 1 aliphatic rings. The van der Waals surface area contributed by atoms with Crippen LogP contribution < -0.4 is 5.32 Å². The third-order valence-electron chi connectivity index (χ3n) is 3.64. The second kappa shape index (κ2) is 5.63. The highest BCUT2D eigenvalue weighted by Gasteiger charge is 2.31. The monoisotopic (exact) mass is 235 g/mol. The van der Waals surface area contributed by atoms with E-state index in [9.17, 15) is 4.39 Å². The smallest absolute Gasteiger partial charge is 0.126 e. The van der Waals surface area contributed by atoms with Crippen molar-refractivity contribution in [3.05, 3.63) is 35.6 Å². The lowest BCUT2D eigenvalue weighted by atomic mass is 9.75. The van der Waals surface area contributed by atoms with Crippen LogP contribution in [-0.2, 0) is 0 Å². The third-order valence-corrected chi connectivity index (χ3v) is 3.64. The topological polar surface area (TPSA) is 12.0 Å². The largest absolute Gasteiger partial charge is 0.314 e. The molecular formula is C15H22FN. The molecule has 1 aromatic carbocycles. The molecule has 0 unspecified atom stereocenters. The van der Waals surface area contributed by atoms with Crippen molar-refractivity contribution in [1.82, 2.24) is 5.32 Å². The van der Waals surface area contributed by atoms with Crippen LogP contribution in [0.1, 0.15) is 44.6 Å². The van der Waals surface area contributed by atoms with Gasteiger partial charge < -0.3 is 5.32 Å². The van der Waals surface area contributed by atoms with Crippen molar-refractivity contribution in [2.24, 2.45) is 5.92 Å². The average molecular weight is 235 g/mol. The number of halogens is 1. The van der Waals surface area contributed by atoms with Gasteiger partial charge in [-0.2, -0.15) is 0 Å². The summed E-state index contributed by atoms with van der Waals surface area (Å²) in [6, 6.07) is 7.77. The van der Waals surface area contributed by atoms with Gasteiger partial charge in [-0.3, -0.25) is 0 Å². The van der Waals surface area contributed by atoms with Crippen molar-refractivity contribution in [3.63, 3.8) is 0 Å². The summed E-state index contributed by atoms with van der Waals surface area (Å²) in [5.74, 6) is 1.14. The normalized spacial score (nSPS) is 23.8. The predicted molar refractivity (Wildman–Crippen MR) is 69.6 cm³/mol. The Kier molecular flexibility index (Phi) is 4.16. The maximum atomic E-state index is 13.5. The predicted octanol–water partition coefficient (Wildman–Crippen LogP) is 3.71. The Morgan fingerprint density at radius 1 is 1.29 bits per heavy atom. The van der Waals surface area contributed by atoms with E-state index in [0.29, 0.717) is 12.0 Å². The summed E-state index contributed by atoms with van der Waals surface area (Å²) in [5, 5.41) is 3.55. The van der Waals surface area contributed by atoms with Gasteiger partial charge in [-0.05, 0) is 49.3 Å². The van der Waals surface area contributed by atoms with E-state index in [4.69, 9.17) is 0 Å². The van der Waals surface area contributed by atoms with Gasteiger partial charge in [0.25, 0.3) is 0 Å². The summed E-state index contributed by atoms with van der Waals surface area (Å²) in [5.41, 5.74) is 0.898. The van der Waals surface area contributed by atoms with Gasteiger partial charge in [-0.25, -0.2) is 4.39 Å². The molecule has 94 valence electrons. The minimum absolute atomic E-state index is 0.0434. The lowest BCUT2D eigenvalue weighted by molar-refractivity contribution is 0.281. The van der Waals surface area contributed by atoms with Crippen molar-refractivity contribution in [2.45, 2.75) is 45.1 Å². The molecule has 1 aromatic rings. The Labute approximate surface area is 103 Å². The van der Waals surface area contributed by atoms with E-state index >= 15 is 0 Å². The van der Waals surface area contributed by atoms with E-state index in [1.54, 1.807) is 12.1 Å². The zero-order valence-corrected chi connectivity index (χ0v) is 10.7. The van der Waals surface area contributed by atoms with Gasteiger partial charge in [0, 0.05) is 6.04 Å². The van der Waals surface area contributed by atoms with Crippen LogP contribution >= 0.6 is 0 Å². The highest BCUT2D eigenvalue weighted by Crippen LogP contribution is 2.37. The minimum atomic E-state index is -0.0434. The Morgan fingerprint density at radius 2 is 2.00 bits per heavy atom. The zero-order valence-electron chi connectivity index (χ0n) is 10.7. The molecule has 2 rings (SSSR count). The summed E-state index contributed by atoms with van der Waals surface area (Å²) in [4.78, 5) is 0. The lowest BCUT2D eigenvalue weighted by Gasteiger charge is -2.36. The van der Waals surface area contributed by atoms with Crippen LogP contribution in [0.4, 0.5) is 4.39 Å². The van der Waals surface area contributed by atoms with Crippen LogP contribution in [0, 0.1) is 11.7 Å². The first-order valence-electron chi connectivity index (χ1n) is 6.64. The van der Waals surface area contributed by atoms with Gasteiger partial charge in [-0.1, -0.05) is 32.0 Å². The van der Waals surface area contributed by atoms with Gasteiger partial charge >= 0.3 is 0 Å². The molecule has 1 N–H and O–H groups in total. The molecule has 0 aliphatic heterocycles. The molecule has 1 aliphatic carbocycles. The number of hydrogen-bond donors (Lipinski definition) is 1. The maximum Gasteiger partial charge on any atom is 0.126 e. The van der Waals surface area contributed by atoms with E-state index in [1.807, 2.05) is 12.1 Å². The number of nitrogens with one attached hydrogen (secondary N) is 1. The fourth-order valence-electron chi connectivity index (χ4n) is 2.42. The fourth-order valence-corrected chi connectivity index (χ4v) is 2.42. The van der Waals surface area contributed by atoms with Gasteiger partial charge in [0.15, 0.2) is 0 Å². The Bertz CT molecular complexity index is 356. The molecule has 1 fully saturated rings. The second-order valence-corrected chi connectivity index (χ2v) is 5.52. The van der Waals surface area contributed by atoms with E-state index in [2.05, 4.69) is 19.2 Å². The Morgan fingerprint density at radius 3 is 2.65 bits per heavy atom. The zero-order chi connectivity index (χ0) is 12.3. The standard InChI is InChI=1S/C15H22FN/c1-11(2)7-8-17-13-9-12(10-13)14-5-3-4-6-15(14)16/h3-6,11-13,17H,7-10H2,1-2H3. The first kappa shape index (κ1) is 12.6. The molecule has 1 nitrogen and oxygen atoms in total. The summed E-state index contributed by atoms with van der Waals surface area (Å²) < 4.78 is 13.5. The molecule has 0 bridgehead atoms. The van der Waals surface area contributed by atoms with Gasteiger partial charge in [-0.15, -0.1) is 0 Å². The number of hydrogen-bond acceptors (Lipinski definition) is 1. The molecule has 0 atom stereocenters. The second-order valence-electron chi connectivity index (χ2n) is 5.52. The quantitative estimate of drug-likeness (QED) is 0.820. The molecule has 0 radical (unpaired) electrons. The molecule has 1 saturated carbocycles. The number of benzene rings is 1. The van der Waals surface area contributed by atoms with Crippen LogP contribution in [0.25, 0.3) is 0 Å². The van der Waals surface area contributed by atoms with E-state index < -0.39 is 0 Å². The van der Waals surface area contributed by atoms with Gasteiger partial charge in [0.1, 0.15) is 5.82 Å². The first-order valence-corrected chi connectivity index (χ1v) is 6.64. The van der Waals surface area contributed by atoms with Crippen molar-refractivity contribution in [2.75, 3.05) is 6.54 Å². The van der Waals surface area contributed by atoms with Crippen LogP contribution in [0.3, 0.4) is 0 Å². The van der Waals surface area contributed by atoms with Crippen molar-refractivity contribution in [1.29, 1.82) is 0 Å². The van der Waals surface area contributed by atoms with E-state index in [-0.39, 0.29) is 5.82 Å². The van der Waals surface area contributed by atoms with Crippen LogP contribution in [0.2, 0.25) is 0 Å². The average Bonchev–Trinajstić information content (AvgIpc) is 2.23. The minimum Gasteiger partial charge on any atom is -0.314 e. The SMILES string of the molecule is CC(C)CCNC1CC(c2ccccc2F)C1. The third kappa shape index (κ3) is 3.29. The molecule has 2 heteroatoms. The van der Waals surface area contributed by atoms with Crippen molar-refractivity contribution in [3.8, 4) is 0 Å². The van der Waals surface area contributed by atoms with Crippen LogP contribution in [0.15, 0.2) is 24.3 Å². The molecule has 0 aromatic heterocycles. The van der Waals surface area contributed by atoms with Crippen molar-refractivity contribution >= 4 is 0 Å². The van der Waals surface area contributed by atoms with Crippen LogP contribution in [-0.4, -0.2) is 12.6 Å². The maximum absolute atomic E-state index is 13.5. The fraction of sp³-hybridized carbons (Fsp3) is 0.600. The molecule has 0 heterocycles. The molecule has 0 amide bonds. The van der Waals surface area contributed by atoms with Crippen LogP contribution in [0.5, 0.6) is 0 Å². The summed E-state index contributed by atoms with van der Waals surface area (Å²) in [7, 11) is 0. The molecule has 0 spiro atoms. The summed E-state index contributed by atoms with van der Waals surface area (Å²) in [6.07, 6.45) is 3.39. The van der Waals surface area contributed by atoms with E-state index in [1.165, 1.54) is 6.42 Å². The van der Waals surface area contributed by atoms with E-state index in [0.717, 1.165) is 30.9 Å². The number of rotatable bonds is 5. The highest BCUT2D eigenvalue weighted by molar-refractivity contribution is 5.24. The lowest BCUT2D eigenvalue weighted by Crippen LogP contribution is -2.41. The highest BCUT2D eigenvalue weighted by atomic mass is 19.1. The Hall–Kier alpha value is -0.890. The van der Waals surface area contributed by atoms with Gasteiger partial charge in [0.2, 0.25) is 0 Å². The molecule has 17 heavy (non-hydrogen) atoms.